The highest BCUT2D eigenvalue weighted by Gasteiger charge is 2.50. The number of sulfonamides is 1. The van der Waals surface area contributed by atoms with E-state index < -0.39 is 84.6 Å². The van der Waals surface area contributed by atoms with Gasteiger partial charge in [-0.25, -0.2) is 13.6 Å². The normalized spacial score (nSPS) is 36.0. The molecule has 10 atom stereocenters. The van der Waals surface area contributed by atoms with Gasteiger partial charge >= 0.3 is 0 Å². The average molecular weight is 584 g/mol. The molecule has 2 aliphatic heterocycles. The zero-order valence-corrected chi connectivity index (χ0v) is 21.6. The van der Waals surface area contributed by atoms with Gasteiger partial charge in [-0.05, 0) is 36.3 Å². The first-order valence-corrected chi connectivity index (χ1v) is 13.6. The quantitative estimate of drug-likeness (QED) is 0.122. The van der Waals surface area contributed by atoms with E-state index in [1.54, 1.807) is 12.1 Å². The van der Waals surface area contributed by atoms with Crippen LogP contribution in [0.3, 0.4) is 0 Å². The second-order valence-corrected chi connectivity index (χ2v) is 10.9. The van der Waals surface area contributed by atoms with Gasteiger partial charge in [-0.2, -0.15) is 0 Å². The molecule has 17 heteroatoms. The molecule has 1 aromatic carbocycles. The van der Waals surface area contributed by atoms with Crippen LogP contribution in [0.2, 0.25) is 0 Å². The highest BCUT2D eigenvalue weighted by Crippen LogP contribution is 2.28. The minimum Gasteiger partial charge on any atom is -0.394 e. The summed E-state index contributed by atoms with van der Waals surface area (Å²) in [5, 5.41) is 81.1. The second kappa shape index (κ2) is 13.2. The summed E-state index contributed by atoms with van der Waals surface area (Å²) in [7, 11) is -3.79. The van der Waals surface area contributed by atoms with Crippen molar-refractivity contribution >= 4 is 27.4 Å². The summed E-state index contributed by atoms with van der Waals surface area (Å²) >= 11 is 5.20. The van der Waals surface area contributed by atoms with Crippen molar-refractivity contribution in [1.29, 1.82) is 0 Å². The van der Waals surface area contributed by atoms with Crippen molar-refractivity contribution in [3.63, 3.8) is 0 Å². The first-order valence-electron chi connectivity index (χ1n) is 11.6. The molecule has 2 fully saturated rings. The molecule has 0 aliphatic carbocycles. The van der Waals surface area contributed by atoms with Crippen molar-refractivity contribution in [2.45, 2.75) is 72.7 Å². The molecule has 0 aromatic heterocycles. The molecule has 15 nitrogen and oxygen atoms in total. The number of ether oxygens (including phenoxy) is 3. The third-order valence-corrected chi connectivity index (χ3v) is 7.42. The smallest absolute Gasteiger partial charge is 0.238 e. The topological polar surface area (TPSA) is 254 Å². The predicted octanol–water partition coefficient (Wildman–Crippen LogP) is -5.04. The molecule has 1 unspecified atom stereocenters. The van der Waals surface area contributed by atoms with Crippen molar-refractivity contribution in [1.82, 2.24) is 10.6 Å². The third kappa shape index (κ3) is 7.33. The molecular weight excluding hydrogens is 550 g/mol. The van der Waals surface area contributed by atoms with Crippen molar-refractivity contribution in [2.75, 3.05) is 19.8 Å². The standard InChI is InChI=1S/C21H33N3O12S2/c22-38(32,33)10-3-1-9(2-4-10)5-6-23-21(37)24-19-16(30)15(29)18(12(8-26)34-19)36-20-17(31)14(28)13(27)11(7-25)35-20/h1-4,11-20,25-31H,5-8H2,(H2,22,32,33)(H2,23,24,37)/t11-,12-,13-,14+,15-,16-,17-,18-,19?,20-/m0/s1. The van der Waals surface area contributed by atoms with Crippen LogP contribution in [0, 0.1) is 0 Å². The highest BCUT2D eigenvalue weighted by molar-refractivity contribution is 7.89. The predicted molar refractivity (Wildman–Crippen MR) is 132 cm³/mol. The van der Waals surface area contributed by atoms with Crippen LogP contribution in [0.5, 0.6) is 0 Å². The van der Waals surface area contributed by atoms with Crippen molar-refractivity contribution in [3.8, 4) is 0 Å². The van der Waals surface area contributed by atoms with E-state index in [0.29, 0.717) is 13.0 Å². The molecule has 0 saturated carbocycles. The van der Waals surface area contributed by atoms with Crippen LogP contribution in [0.1, 0.15) is 5.56 Å². The largest absolute Gasteiger partial charge is 0.394 e. The number of benzene rings is 1. The lowest BCUT2D eigenvalue weighted by Crippen LogP contribution is -2.67. The molecule has 2 saturated heterocycles. The van der Waals surface area contributed by atoms with Gasteiger partial charge in [0.1, 0.15) is 48.8 Å². The Morgan fingerprint density at radius 2 is 1.55 bits per heavy atom. The van der Waals surface area contributed by atoms with Crippen LogP contribution in [0.15, 0.2) is 29.2 Å². The zero-order valence-electron chi connectivity index (χ0n) is 20.0. The van der Waals surface area contributed by atoms with Gasteiger partial charge in [0.15, 0.2) is 17.6 Å². The third-order valence-electron chi connectivity index (χ3n) is 6.23. The molecule has 38 heavy (non-hydrogen) atoms. The van der Waals surface area contributed by atoms with Gasteiger partial charge < -0.3 is 60.6 Å². The molecule has 0 spiro atoms. The fourth-order valence-electron chi connectivity index (χ4n) is 4.06. The molecule has 2 aliphatic rings. The summed E-state index contributed by atoms with van der Waals surface area (Å²) < 4.78 is 39.0. The number of thiocarbonyl (C=S) groups is 1. The average Bonchev–Trinajstić information content (AvgIpc) is 2.88. The summed E-state index contributed by atoms with van der Waals surface area (Å²) in [5.41, 5.74) is 0.797. The molecule has 11 N–H and O–H groups in total. The van der Waals surface area contributed by atoms with Crippen LogP contribution >= 0.6 is 12.2 Å². The highest BCUT2D eigenvalue weighted by atomic mass is 32.2. The Balaban J connectivity index is 1.54. The number of aliphatic hydroxyl groups excluding tert-OH is 7. The Bertz CT molecular complexity index is 1030. The van der Waals surface area contributed by atoms with Gasteiger partial charge in [0.2, 0.25) is 10.0 Å². The van der Waals surface area contributed by atoms with Crippen molar-refractivity contribution in [3.05, 3.63) is 29.8 Å². The van der Waals surface area contributed by atoms with Gasteiger partial charge in [0, 0.05) is 6.54 Å². The summed E-state index contributed by atoms with van der Waals surface area (Å²) in [5.74, 6) is 0. The van der Waals surface area contributed by atoms with E-state index in [0.717, 1.165) is 5.56 Å². The maximum absolute atomic E-state index is 11.3. The van der Waals surface area contributed by atoms with Crippen LogP contribution < -0.4 is 15.8 Å². The Morgan fingerprint density at radius 3 is 2.13 bits per heavy atom. The Labute approximate surface area is 223 Å². The first kappa shape index (κ1) is 31.0. The summed E-state index contributed by atoms with van der Waals surface area (Å²) in [6.45, 7) is -1.06. The number of rotatable bonds is 9. The van der Waals surface area contributed by atoms with E-state index in [9.17, 15) is 44.2 Å². The van der Waals surface area contributed by atoms with Crippen LogP contribution in [0.25, 0.3) is 0 Å². The second-order valence-electron chi connectivity index (χ2n) is 8.90. The molecular formula is C21H33N3O12S2. The first-order chi connectivity index (χ1) is 17.9. The van der Waals surface area contributed by atoms with Crippen LogP contribution in [-0.2, 0) is 30.7 Å². The molecule has 1 aromatic rings. The monoisotopic (exact) mass is 583 g/mol. The minimum atomic E-state index is -3.79. The van der Waals surface area contributed by atoms with E-state index >= 15 is 0 Å². The lowest BCUT2D eigenvalue weighted by molar-refractivity contribution is -0.342. The zero-order chi connectivity index (χ0) is 28.2. The van der Waals surface area contributed by atoms with E-state index in [4.69, 9.17) is 31.6 Å². The van der Waals surface area contributed by atoms with Gasteiger partial charge in [-0.15, -0.1) is 0 Å². The Morgan fingerprint density at radius 1 is 0.921 bits per heavy atom. The maximum Gasteiger partial charge on any atom is 0.238 e. The van der Waals surface area contributed by atoms with Gasteiger partial charge in [-0.3, -0.25) is 0 Å². The lowest BCUT2D eigenvalue weighted by atomic mass is 9.96. The summed E-state index contributed by atoms with van der Waals surface area (Å²) in [6, 6.07) is 5.96. The SMILES string of the molecule is NS(=O)(=O)c1ccc(CCNC(=S)NC2O[C@@H](CO)[C@H](O[C@@H]3O[C@@H](CO)[C@H](O)[C@@H](O)[C@@H]3O)[C@@H](O)[C@@H]2O)cc1. The van der Waals surface area contributed by atoms with Gasteiger partial charge in [0.25, 0.3) is 0 Å². The van der Waals surface area contributed by atoms with Gasteiger partial charge in [0.05, 0.1) is 18.1 Å². The number of nitrogens with one attached hydrogen (secondary N) is 2. The Kier molecular flexibility index (Phi) is 10.7. The maximum atomic E-state index is 11.3. The summed E-state index contributed by atoms with van der Waals surface area (Å²) in [4.78, 5) is -0.0133. The molecule has 216 valence electrons. The van der Waals surface area contributed by atoms with Crippen molar-refractivity contribution in [2.24, 2.45) is 5.14 Å². The molecule has 0 amide bonds. The Hall–Kier alpha value is -1.58. The number of hydrogen-bond acceptors (Lipinski definition) is 13. The number of nitrogens with two attached hydrogens (primary N) is 1. The number of hydrogen-bond donors (Lipinski definition) is 10. The number of aliphatic hydroxyl groups is 7. The van der Waals surface area contributed by atoms with Crippen LogP contribution in [0.4, 0.5) is 0 Å². The van der Waals surface area contributed by atoms with E-state index in [1.165, 1.54) is 12.1 Å². The number of primary sulfonamides is 1. The molecule has 0 radical (unpaired) electrons. The molecule has 3 rings (SSSR count). The van der Waals surface area contributed by atoms with Gasteiger partial charge in [-0.1, -0.05) is 12.1 Å². The minimum absolute atomic E-state index is 0.0133. The summed E-state index contributed by atoms with van der Waals surface area (Å²) in [6.07, 6.45) is -14.8. The fraction of sp³-hybridized carbons (Fsp3) is 0.667. The van der Waals surface area contributed by atoms with Crippen molar-refractivity contribution < 1.29 is 58.4 Å². The van der Waals surface area contributed by atoms with E-state index in [2.05, 4.69) is 10.6 Å². The fourth-order valence-corrected chi connectivity index (χ4v) is 4.79. The molecule has 2 heterocycles. The lowest BCUT2D eigenvalue weighted by Gasteiger charge is -2.46. The van der Waals surface area contributed by atoms with E-state index in [-0.39, 0.29) is 10.0 Å². The van der Waals surface area contributed by atoms with Crippen LogP contribution in [-0.4, -0.2) is 130 Å². The molecule has 0 bridgehead atoms. The van der Waals surface area contributed by atoms with E-state index in [1.807, 2.05) is 0 Å².